The number of hydrogen-bond acceptors (Lipinski definition) is 2. The van der Waals surface area contributed by atoms with Crippen molar-refractivity contribution in [2.45, 2.75) is 6.67 Å². The molecule has 0 aliphatic rings. The lowest BCUT2D eigenvalue weighted by atomic mass is 10.2. The quantitative estimate of drug-likeness (QED) is 0.702. The molecule has 0 radical (unpaired) electrons. The number of halogens is 1. The van der Waals surface area contributed by atoms with Gasteiger partial charge in [0.1, 0.15) is 12.2 Å². The zero-order chi connectivity index (χ0) is 12.1. The maximum atomic E-state index is 12.6. The van der Waals surface area contributed by atoms with Crippen LogP contribution in [0, 0.1) is 11.8 Å². The van der Waals surface area contributed by atoms with Crippen molar-refractivity contribution < 1.29 is 8.81 Å². The first-order chi connectivity index (χ1) is 8.31. The van der Waals surface area contributed by atoms with E-state index in [4.69, 9.17) is 4.42 Å². The van der Waals surface area contributed by atoms with Gasteiger partial charge in [-0.25, -0.2) is 4.39 Å². The molecule has 84 valence electrons. The van der Waals surface area contributed by atoms with Crippen LogP contribution in [0.25, 0.3) is 0 Å². The summed E-state index contributed by atoms with van der Waals surface area (Å²) in [4.78, 5) is 11.5. The van der Waals surface area contributed by atoms with E-state index in [0.29, 0.717) is 0 Å². The van der Waals surface area contributed by atoms with Crippen molar-refractivity contribution in [2.75, 3.05) is 0 Å². The summed E-state index contributed by atoms with van der Waals surface area (Å²) in [7, 11) is 0. The largest absolute Gasteiger partial charge is 0.465 e. The topological polar surface area (TPSA) is 30.2 Å². The van der Waals surface area contributed by atoms with Gasteiger partial charge in [-0.2, -0.15) is 0 Å². The Kier molecular flexibility index (Phi) is 3.37. The smallest absolute Gasteiger partial charge is 0.200 e. The summed E-state index contributed by atoms with van der Waals surface area (Å²) >= 11 is 0. The lowest BCUT2D eigenvalue weighted by molar-refractivity contribution is 0.382. The maximum Gasteiger partial charge on any atom is 0.200 e. The number of rotatable bonds is 1. The number of hydrogen-bond donors (Lipinski definition) is 0. The second-order valence-electron chi connectivity index (χ2n) is 3.33. The Balaban J connectivity index is 2.44. The Morgan fingerprint density at radius 2 is 1.88 bits per heavy atom. The highest BCUT2D eigenvalue weighted by molar-refractivity contribution is 5.43. The van der Waals surface area contributed by atoms with Gasteiger partial charge < -0.3 is 4.42 Å². The van der Waals surface area contributed by atoms with E-state index in [-0.39, 0.29) is 16.8 Å². The van der Waals surface area contributed by atoms with E-state index in [1.807, 2.05) is 30.3 Å². The fourth-order valence-electron chi connectivity index (χ4n) is 1.34. The van der Waals surface area contributed by atoms with Crippen molar-refractivity contribution >= 4 is 0 Å². The molecule has 0 bridgehead atoms. The third-order valence-electron chi connectivity index (χ3n) is 2.18. The molecular weight excluding hydrogens is 219 g/mol. The maximum absolute atomic E-state index is 12.6. The van der Waals surface area contributed by atoms with Crippen LogP contribution < -0.4 is 5.43 Å². The molecule has 0 unspecified atom stereocenters. The van der Waals surface area contributed by atoms with Gasteiger partial charge in [0, 0.05) is 11.6 Å². The van der Waals surface area contributed by atoms with Crippen LogP contribution in [0.4, 0.5) is 4.39 Å². The SMILES string of the molecule is O=c1ccoc(CF)c1C#Cc1ccccc1. The minimum absolute atomic E-state index is 0.0269. The second-order valence-corrected chi connectivity index (χ2v) is 3.33. The Bertz CT molecular complexity index is 618. The van der Waals surface area contributed by atoms with E-state index in [0.717, 1.165) is 5.56 Å². The fraction of sp³-hybridized carbons (Fsp3) is 0.0714. The first kappa shape index (κ1) is 11.2. The van der Waals surface area contributed by atoms with Crippen LogP contribution in [0.3, 0.4) is 0 Å². The summed E-state index contributed by atoms with van der Waals surface area (Å²) in [5, 5.41) is 0. The van der Waals surface area contributed by atoms with Crippen molar-refractivity contribution in [3.05, 3.63) is 69.8 Å². The third kappa shape index (κ3) is 2.61. The van der Waals surface area contributed by atoms with Crippen molar-refractivity contribution in [2.24, 2.45) is 0 Å². The van der Waals surface area contributed by atoms with Crippen molar-refractivity contribution in [3.8, 4) is 11.8 Å². The van der Waals surface area contributed by atoms with Gasteiger partial charge in [-0.05, 0) is 12.1 Å². The highest BCUT2D eigenvalue weighted by Gasteiger charge is 2.05. The molecule has 1 heterocycles. The van der Waals surface area contributed by atoms with Gasteiger partial charge in [0.25, 0.3) is 0 Å². The lowest BCUT2D eigenvalue weighted by Crippen LogP contribution is -2.06. The summed E-state index contributed by atoms with van der Waals surface area (Å²) in [6.45, 7) is -0.838. The minimum atomic E-state index is -0.838. The summed E-state index contributed by atoms with van der Waals surface area (Å²) in [5.41, 5.74) is 0.520. The van der Waals surface area contributed by atoms with E-state index in [9.17, 15) is 9.18 Å². The van der Waals surface area contributed by atoms with E-state index < -0.39 is 6.67 Å². The van der Waals surface area contributed by atoms with Crippen LogP contribution in [0.1, 0.15) is 16.9 Å². The molecule has 0 aliphatic heterocycles. The molecule has 0 saturated carbocycles. The normalized spacial score (nSPS) is 9.47. The van der Waals surface area contributed by atoms with Gasteiger partial charge >= 0.3 is 0 Å². The molecule has 2 aromatic rings. The van der Waals surface area contributed by atoms with Gasteiger partial charge in [-0.15, -0.1) is 0 Å². The van der Waals surface area contributed by atoms with E-state index >= 15 is 0 Å². The minimum Gasteiger partial charge on any atom is -0.465 e. The molecule has 17 heavy (non-hydrogen) atoms. The lowest BCUT2D eigenvalue weighted by Gasteiger charge is -1.95. The van der Waals surface area contributed by atoms with Crippen molar-refractivity contribution in [1.29, 1.82) is 0 Å². The van der Waals surface area contributed by atoms with Crippen LogP contribution in [0.5, 0.6) is 0 Å². The monoisotopic (exact) mass is 228 g/mol. The van der Waals surface area contributed by atoms with Gasteiger partial charge in [0.15, 0.2) is 5.76 Å². The Morgan fingerprint density at radius 3 is 2.59 bits per heavy atom. The first-order valence-electron chi connectivity index (χ1n) is 5.05. The second kappa shape index (κ2) is 5.13. The highest BCUT2D eigenvalue weighted by atomic mass is 19.1. The molecule has 0 spiro atoms. The fourth-order valence-corrected chi connectivity index (χ4v) is 1.34. The van der Waals surface area contributed by atoms with Gasteiger partial charge in [-0.1, -0.05) is 30.0 Å². The van der Waals surface area contributed by atoms with E-state index in [1.165, 1.54) is 12.3 Å². The van der Waals surface area contributed by atoms with E-state index in [2.05, 4.69) is 11.8 Å². The molecule has 1 aromatic heterocycles. The molecule has 0 atom stereocenters. The van der Waals surface area contributed by atoms with Crippen LogP contribution in [0.2, 0.25) is 0 Å². The Labute approximate surface area is 97.7 Å². The molecule has 0 aliphatic carbocycles. The Morgan fingerprint density at radius 1 is 1.12 bits per heavy atom. The molecule has 2 rings (SSSR count). The average molecular weight is 228 g/mol. The molecule has 3 heteroatoms. The third-order valence-corrected chi connectivity index (χ3v) is 2.18. The predicted octanol–water partition coefficient (Wildman–Crippen LogP) is 2.51. The molecule has 0 amide bonds. The zero-order valence-corrected chi connectivity index (χ0v) is 8.94. The average Bonchev–Trinajstić information content (AvgIpc) is 2.38. The van der Waals surface area contributed by atoms with Crippen LogP contribution >= 0.6 is 0 Å². The number of benzene rings is 1. The Hall–Kier alpha value is -2.34. The number of alkyl halides is 1. The first-order valence-corrected chi connectivity index (χ1v) is 5.05. The summed E-state index contributed by atoms with van der Waals surface area (Å²) in [5.74, 6) is 5.43. The zero-order valence-electron chi connectivity index (χ0n) is 8.94. The van der Waals surface area contributed by atoms with Crippen LogP contribution in [-0.4, -0.2) is 0 Å². The molecule has 0 N–H and O–H groups in total. The highest BCUT2D eigenvalue weighted by Crippen LogP contribution is 2.04. The molecular formula is C14H9FO2. The van der Waals surface area contributed by atoms with Gasteiger partial charge in [0.2, 0.25) is 5.43 Å². The standard InChI is InChI=1S/C14H9FO2/c15-10-14-12(13(16)8-9-17-14)7-6-11-4-2-1-3-5-11/h1-5,8-9H,10H2. The van der Waals surface area contributed by atoms with Crippen molar-refractivity contribution in [1.82, 2.24) is 0 Å². The van der Waals surface area contributed by atoms with Gasteiger partial charge in [-0.3, -0.25) is 4.79 Å². The molecule has 0 fully saturated rings. The molecule has 0 saturated heterocycles. The summed E-state index contributed by atoms with van der Waals surface area (Å²) < 4.78 is 17.5. The predicted molar refractivity (Wildman–Crippen MR) is 62.2 cm³/mol. The van der Waals surface area contributed by atoms with Crippen LogP contribution in [-0.2, 0) is 6.67 Å². The summed E-state index contributed by atoms with van der Waals surface area (Å²) in [6, 6.07) is 10.4. The van der Waals surface area contributed by atoms with Crippen LogP contribution in [0.15, 0.2) is 51.9 Å². The van der Waals surface area contributed by atoms with Crippen molar-refractivity contribution in [3.63, 3.8) is 0 Å². The molecule has 1 aromatic carbocycles. The van der Waals surface area contributed by atoms with E-state index in [1.54, 1.807) is 0 Å². The molecule has 2 nitrogen and oxygen atoms in total. The summed E-state index contributed by atoms with van der Waals surface area (Å²) in [6.07, 6.45) is 1.17. The van der Waals surface area contributed by atoms with Gasteiger partial charge in [0.05, 0.1) is 6.26 Å².